The Bertz CT molecular complexity index is 656. The molecule has 0 radical (unpaired) electrons. The number of rotatable bonds is 8. The lowest BCUT2D eigenvalue weighted by molar-refractivity contribution is 0.229. The summed E-state index contributed by atoms with van der Waals surface area (Å²) in [6.07, 6.45) is 3.38. The van der Waals surface area contributed by atoms with Crippen molar-refractivity contribution in [2.45, 2.75) is 25.7 Å². The van der Waals surface area contributed by atoms with Crippen LogP contribution in [0.25, 0.3) is 0 Å². The van der Waals surface area contributed by atoms with Crippen LogP contribution in [0.2, 0.25) is 0 Å². The molecule has 1 aliphatic rings. The number of nitrogens with one attached hydrogen (secondary N) is 2. The van der Waals surface area contributed by atoms with Crippen molar-refractivity contribution < 1.29 is 13.2 Å². The molecule has 8 heteroatoms. The molecule has 1 aromatic carbocycles. The Hall–Kier alpha value is -1.64. The standard InChI is InChI=1S/C18H30N4O3S/c1-21(2)26(24,25)22-13-10-17(11-14-22)15-20-18(23)19-12-6-9-16-7-4-3-5-8-16/h3-5,7-8,17H,6,9-15H2,1-2H3,(H2,19,20,23). The first-order valence-electron chi connectivity index (χ1n) is 9.13. The van der Waals surface area contributed by atoms with Gasteiger partial charge in [-0.05, 0) is 37.2 Å². The average molecular weight is 383 g/mol. The van der Waals surface area contributed by atoms with E-state index in [1.54, 1.807) is 14.1 Å². The van der Waals surface area contributed by atoms with Crippen LogP contribution in [0, 0.1) is 5.92 Å². The molecule has 2 rings (SSSR count). The summed E-state index contributed by atoms with van der Waals surface area (Å²) in [7, 11) is -0.232. The predicted molar refractivity (Wildman–Crippen MR) is 103 cm³/mol. The molecule has 0 saturated carbocycles. The first-order valence-corrected chi connectivity index (χ1v) is 10.5. The van der Waals surface area contributed by atoms with Gasteiger partial charge in [0.2, 0.25) is 0 Å². The quantitative estimate of drug-likeness (QED) is 0.668. The molecule has 0 atom stereocenters. The lowest BCUT2D eigenvalue weighted by Gasteiger charge is -2.32. The average Bonchev–Trinajstić information content (AvgIpc) is 2.64. The van der Waals surface area contributed by atoms with Crippen LogP contribution < -0.4 is 10.6 Å². The van der Waals surface area contributed by atoms with E-state index in [0.29, 0.717) is 32.1 Å². The van der Waals surface area contributed by atoms with Crippen molar-refractivity contribution in [3.63, 3.8) is 0 Å². The third-order valence-electron chi connectivity index (χ3n) is 4.68. The second kappa shape index (κ2) is 9.89. The summed E-state index contributed by atoms with van der Waals surface area (Å²) in [4.78, 5) is 11.9. The Morgan fingerprint density at radius 3 is 2.42 bits per heavy atom. The molecule has 0 bridgehead atoms. The molecule has 0 unspecified atom stereocenters. The summed E-state index contributed by atoms with van der Waals surface area (Å²) in [6.45, 7) is 2.23. The number of benzene rings is 1. The molecule has 146 valence electrons. The van der Waals surface area contributed by atoms with Crippen LogP contribution in [0.1, 0.15) is 24.8 Å². The number of aryl methyl sites for hydroxylation is 1. The van der Waals surface area contributed by atoms with Crippen LogP contribution in [0.4, 0.5) is 4.79 Å². The Morgan fingerprint density at radius 2 is 1.81 bits per heavy atom. The lowest BCUT2D eigenvalue weighted by atomic mass is 9.98. The number of urea groups is 1. The van der Waals surface area contributed by atoms with Crippen LogP contribution in [0.5, 0.6) is 0 Å². The SMILES string of the molecule is CN(C)S(=O)(=O)N1CCC(CNC(=O)NCCCc2ccccc2)CC1. The highest BCUT2D eigenvalue weighted by atomic mass is 32.2. The minimum atomic E-state index is -3.33. The largest absolute Gasteiger partial charge is 0.338 e. The maximum atomic E-state index is 12.1. The van der Waals surface area contributed by atoms with E-state index in [2.05, 4.69) is 22.8 Å². The summed E-state index contributed by atoms with van der Waals surface area (Å²) in [5, 5.41) is 5.78. The molecular weight excluding hydrogens is 352 g/mol. The third-order valence-corrected chi connectivity index (χ3v) is 6.62. The number of piperidine rings is 1. The minimum absolute atomic E-state index is 0.151. The molecule has 26 heavy (non-hydrogen) atoms. The molecule has 1 fully saturated rings. The van der Waals surface area contributed by atoms with E-state index in [1.807, 2.05) is 18.2 Å². The van der Waals surface area contributed by atoms with Crippen molar-refractivity contribution in [1.29, 1.82) is 0 Å². The Kier molecular flexibility index (Phi) is 7.86. The van der Waals surface area contributed by atoms with Gasteiger partial charge in [-0.1, -0.05) is 30.3 Å². The van der Waals surface area contributed by atoms with Crippen LogP contribution in [0.15, 0.2) is 30.3 Å². The molecule has 1 saturated heterocycles. The number of nitrogens with zero attached hydrogens (tertiary/aromatic N) is 2. The van der Waals surface area contributed by atoms with E-state index in [9.17, 15) is 13.2 Å². The molecule has 1 aliphatic heterocycles. The second-order valence-electron chi connectivity index (χ2n) is 6.86. The fourth-order valence-corrected chi connectivity index (χ4v) is 4.15. The summed E-state index contributed by atoms with van der Waals surface area (Å²) in [5.74, 6) is 0.318. The molecular formula is C18H30N4O3S. The molecule has 0 aliphatic carbocycles. The van der Waals surface area contributed by atoms with Gasteiger partial charge in [-0.25, -0.2) is 4.79 Å². The van der Waals surface area contributed by atoms with E-state index in [1.165, 1.54) is 14.2 Å². The van der Waals surface area contributed by atoms with Gasteiger partial charge < -0.3 is 10.6 Å². The van der Waals surface area contributed by atoms with Crippen LogP contribution in [0.3, 0.4) is 0 Å². The predicted octanol–water partition coefficient (Wildman–Crippen LogP) is 1.44. The first-order chi connectivity index (χ1) is 12.4. The van der Waals surface area contributed by atoms with Gasteiger partial charge >= 0.3 is 6.03 Å². The summed E-state index contributed by atoms with van der Waals surface area (Å²) >= 11 is 0. The van der Waals surface area contributed by atoms with E-state index in [0.717, 1.165) is 25.7 Å². The second-order valence-corrected chi connectivity index (χ2v) is 9.00. The maximum absolute atomic E-state index is 12.1. The van der Waals surface area contributed by atoms with E-state index < -0.39 is 10.2 Å². The first kappa shape index (κ1) is 20.7. The molecule has 1 heterocycles. The van der Waals surface area contributed by atoms with Crippen LogP contribution >= 0.6 is 0 Å². The number of hydrogen-bond donors (Lipinski definition) is 2. The van der Waals surface area contributed by atoms with Crippen LogP contribution in [-0.4, -0.2) is 63.3 Å². The molecule has 1 aromatic rings. The van der Waals surface area contributed by atoms with Gasteiger partial charge in [0.05, 0.1) is 0 Å². The zero-order valence-corrected chi connectivity index (χ0v) is 16.5. The topological polar surface area (TPSA) is 81.8 Å². The maximum Gasteiger partial charge on any atom is 0.314 e. The molecule has 0 spiro atoms. The van der Waals surface area contributed by atoms with Gasteiger partial charge in [0, 0.05) is 40.3 Å². The zero-order valence-electron chi connectivity index (χ0n) is 15.6. The summed E-state index contributed by atoms with van der Waals surface area (Å²) in [5.41, 5.74) is 1.27. The van der Waals surface area contributed by atoms with Gasteiger partial charge in [0.25, 0.3) is 10.2 Å². The van der Waals surface area contributed by atoms with Crippen molar-refractivity contribution in [3.8, 4) is 0 Å². The monoisotopic (exact) mass is 382 g/mol. The number of carbonyl (C=O) groups excluding carboxylic acids is 1. The summed E-state index contributed by atoms with van der Waals surface area (Å²) in [6, 6.07) is 10.1. The number of carbonyl (C=O) groups is 1. The van der Waals surface area contributed by atoms with Crippen molar-refractivity contribution in [2.75, 3.05) is 40.3 Å². The van der Waals surface area contributed by atoms with Crippen molar-refractivity contribution in [1.82, 2.24) is 19.2 Å². The Balaban J connectivity index is 1.59. The molecule has 2 N–H and O–H groups in total. The third kappa shape index (κ3) is 6.26. The smallest absolute Gasteiger partial charge is 0.314 e. The van der Waals surface area contributed by atoms with E-state index in [4.69, 9.17) is 0 Å². The highest BCUT2D eigenvalue weighted by molar-refractivity contribution is 7.86. The molecule has 2 amide bonds. The van der Waals surface area contributed by atoms with E-state index >= 15 is 0 Å². The number of hydrogen-bond acceptors (Lipinski definition) is 3. The van der Waals surface area contributed by atoms with E-state index in [-0.39, 0.29) is 6.03 Å². The van der Waals surface area contributed by atoms with Crippen molar-refractivity contribution in [2.24, 2.45) is 5.92 Å². The Labute approximate surface area is 156 Å². The fraction of sp³-hybridized carbons (Fsp3) is 0.611. The highest BCUT2D eigenvalue weighted by Crippen LogP contribution is 2.19. The van der Waals surface area contributed by atoms with Gasteiger partial charge in [0.1, 0.15) is 0 Å². The fourth-order valence-electron chi connectivity index (χ4n) is 3.01. The van der Waals surface area contributed by atoms with Gasteiger partial charge in [-0.15, -0.1) is 0 Å². The van der Waals surface area contributed by atoms with Gasteiger partial charge in [-0.3, -0.25) is 0 Å². The van der Waals surface area contributed by atoms with Crippen molar-refractivity contribution >= 4 is 16.2 Å². The highest BCUT2D eigenvalue weighted by Gasteiger charge is 2.29. The van der Waals surface area contributed by atoms with Gasteiger partial charge in [-0.2, -0.15) is 17.0 Å². The van der Waals surface area contributed by atoms with Crippen molar-refractivity contribution in [3.05, 3.63) is 35.9 Å². The van der Waals surface area contributed by atoms with Crippen LogP contribution in [-0.2, 0) is 16.6 Å². The number of amides is 2. The molecule has 7 nitrogen and oxygen atoms in total. The normalized spacial score (nSPS) is 16.6. The minimum Gasteiger partial charge on any atom is -0.338 e. The summed E-state index contributed by atoms with van der Waals surface area (Å²) < 4.78 is 26.9. The van der Waals surface area contributed by atoms with Gasteiger partial charge in [0.15, 0.2) is 0 Å². The zero-order chi connectivity index (χ0) is 19.0. The molecule has 0 aromatic heterocycles. The Morgan fingerprint density at radius 1 is 1.15 bits per heavy atom. The lowest BCUT2D eigenvalue weighted by Crippen LogP contribution is -2.46.